The van der Waals surface area contributed by atoms with E-state index in [1.165, 1.54) is 25.9 Å². The smallest absolute Gasteiger partial charge is 0.251 e. The van der Waals surface area contributed by atoms with E-state index in [1.807, 2.05) is 31.2 Å². The van der Waals surface area contributed by atoms with Crippen LogP contribution >= 0.6 is 0 Å². The van der Waals surface area contributed by atoms with Crippen LogP contribution in [0.5, 0.6) is 0 Å². The maximum absolute atomic E-state index is 12.6. The van der Waals surface area contributed by atoms with Crippen LogP contribution in [-0.4, -0.2) is 36.0 Å². The maximum Gasteiger partial charge on any atom is 0.251 e. The second kappa shape index (κ2) is 5.13. The number of rotatable bonds is 2. The Balaban J connectivity index is 1.55. The molecule has 0 radical (unpaired) electrons. The van der Waals surface area contributed by atoms with Crippen LogP contribution in [0, 0.1) is 12.8 Å². The minimum Gasteiger partial charge on any atom is -0.461 e. The van der Waals surface area contributed by atoms with Crippen LogP contribution in [0.2, 0.25) is 0 Å². The molecule has 4 heterocycles. The molecule has 0 saturated carbocycles. The summed E-state index contributed by atoms with van der Waals surface area (Å²) in [5.41, 5.74) is 1.47. The molecule has 1 N–H and O–H groups in total. The Morgan fingerprint density at radius 3 is 2.77 bits per heavy atom. The molecule has 0 unspecified atom stereocenters. The Morgan fingerprint density at radius 1 is 1.27 bits per heavy atom. The first-order valence-corrected chi connectivity index (χ1v) is 8.17. The number of piperidine rings is 3. The fraction of sp³-hybridized carbons (Fsp3) is 0.500. The van der Waals surface area contributed by atoms with Crippen molar-refractivity contribution in [1.82, 2.24) is 10.2 Å². The highest BCUT2D eigenvalue weighted by atomic mass is 16.3. The summed E-state index contributed by atoms with van der Waals surface area (Å²) in [5.74, 6) is 1.51. The molecule has 0 spiro atoms. The van der Waals surface area contributed by atoms with E-state index in [0.29, 0.717) is 17.5 Å². The molecule has 3 aliphatic heterocycles. The zero-order valence-electron chi connectivity index (χ0n) is 13.1. The molecule has 0 aliphatic carbocycles. The van der Waals surface area contributed by atoms with E-state index in [2.05, 4.69) is 17.1 Å². The van der Waals surface area contributed by atoms with Gasteiger partial charge in [0, 0.05) is 23.0 Å². The number of fused-ring (bicyclic) bond motifs is 4. The number of carbonyl (C=O) groups is 1. The normalized spacial score (nSPS) is 30.6. The highest BCUT2D eigenvalue weighted by molar-refractivity contribution is 5.97. The summed E-state index contributed by atoms with van der Waals surface area (Å²) in [7, 11) is 0. The Hall–Kier alpha value is -1.81. The van der Waals surface area contributed by atoms with E-state index in [1.54, 1.807) is 0 Å². The van der Waals surface area contributed by atoms with Crippen LogP contribution < -0.4 is 5.32 Å². The molecule has 1 aromatic carbocycles. The zero-order valence-corrected chi connectivity index (χ0v) is 13.1. The van der Waals surface area contributed by atoms with Gasteiger partial charge < -0.3 is 9.73 Å². The number of amides is 1. The third-order valence-electron chi connectivity index (χ3n) is 5.38. The summed E-state index contributed by atoms with van der Waals surface area (Å²) >= 11 is 0. The average molecular weight is 298 g/mol. The molecule has 3 saturated heterocycles. The van der Waals surface area contributed by atoms with Crippen LogP contribution in [-0.2, 0) is 0 Å². The van der Waals surface area contributed by atoms with E-state index in [-0.39, 0.29) is 11.9 Å². The molecule has 4 nitrogen and oxygen atoms in total. The molecular formula is C18H22N2O2. The molecule has 4 heteroatoms. The number of furan rings is 1. The van der Waals surface area contributed by atoms with Gasteiger partial charge in [0.05, 0.1) is 0 Å². The van der Waals surface area contributed by atoms with Crippen LogP contribution in [0.3, 0.4) is 0 Å². The SMILES string of the molecule is Cc1cc2ccc(C(=O)N[C@@H]3C4CCN(CC4)[C@@H]3C)cc2o1. The van der Waals surface area contributed by atoms with Gasteiger partial charge in [-0.2, -0.15) is 0 Å². The predicted molar refractivity (Wildman–Crippen MR) is 86.0 cm³/mol. The van der Waals surface area contributed by atoms with E-state index in [0.717, 1.165) is 16.7 Å². The number of benzene rings is 1. The monoisotopic (exact) mass is 298 g/mol. The molecule has 2 atom stereocenters. The van der Waals surface area contributed by atoms with Crippen molar-refractivity contribution in [2.75, 3.05) is 13.1 Å². The molecule has 2 bridgehead atoms. The first-order chi connectivity index (χ1) is 10.6. The standard InChI is InChI=1S/C18H22N2O2/c1-11-9-14-3-4-15(10-16(14)22-11)18(21)19-17-12(2)20-7-5-13(17)6-8-20/h3-4,9-10,12-13,17H,5-8H2,1-2H3,(H,19,21)/t12-,17+/m1/s1. The van der Waals surface area contributed by atoms with Crippen LogP contribution in [0.1, 0.15) is 35.9 Å². The number of nitrogens with zero attached hydrogens (tertiary/aromatic N) is 1. The highest BCUT2D eigenvalue weighted by Crippen LogP contribution is 2.32. The Morgan fingerprint density at radius 2 is 2.05 bits per heavy atom. The lowest BCUT2D eigenvalue weighted by molar-refractivity contribution is 0.0217. The maximum atomic E-state index is 12.6. The van der Waals surface area contributed by atoms with Crippen molar-refractivity contribution in [2.24, 2.45) is 5.92 Å². The van der Waals surface area contributed by atoms with Gasteiger partial charge in [-0.05, 0) is 63.9 Å². The van der Waals surface area contributed by atoms with Gasteiger partial charge in [0.2, 0.25) is 0 Å². The Bertz CT molecular complexity index is 711. The van der Waals surface area contributed by atoms with Gasteiger partial charge in [0.15, 0.2) is 0 Å². The summed E-state index contributed by atoms with van der Waals surface area (Å²) in [6.45, 7) is 6.51. The van der Waals surface area contributed by atoms with Crippen LogP contribution in [0.15, 0.2) is 28.7 Å². The summed E-state index contributed by atoms with van der Waals surface area (Å²) < 4.78 is 5.63. The van der Waals surface area contributed by atoms with Crippen molar-refractivity contribution < 1.29 is 9.21 Å². The predicted octanol–water partition coefficient (Wildman–Crippen LogP) is 2.95. The Kier molecular flexibility index (Phi) is 3.22. The highest BCUT2D eigenvalue weighted by Gasteiger charge is 2.40. The molecule has 3 aliphatic rings. The van der Waals surface area contributed by atoms with Crippen LogP contribution in [0.4, 0.5) is 0 Å². The number of hydrogen-bond acceptors (Lipinski definition) is 3. The van der Waals surface area contributed by atoms with Gasteiger partial charge in [0.25, 0.3) is 5.91 Å². The third kappa shape index (κ3) is 2.22. The summed E-state index contributed by atoms with van der Waals surface area (Å²) in [5, 5.41) is 4.31. The quantitative estimate of drug-likeness (QED) is 0.927. The topological polar surface area (TPSA) is 45.5 Å². The lowest BCUT2D eigenvalue weighted by atomic mass is 9.79. The average Bonchev–Trinajstić information content (AvgIpc) is 2.90. The largest absolute Gasteiger partial charge is 0.461 e. The van der Waals surface area contributed by atoms with Crippen molar-refractivity contribution in [2.45, 2.75) is 38.8 Å². The van der Waals surface area contributed by atoms with Crippen molar-refractivity contribution >= 4 is 16.9 Å². The molecule has 1 aromatic heterocycles. The van der Waals surface area contributed by atoms with E-state index in [9.17, 15) is 4.79 Å². The molecule has 22 heavy (non-hydrogen) atoms. The first-order valence-electron chi connectivity index (χ1n) is 8.17. The number of carbonyl (C=O) groups excluding carboxylic acids is 1. The van der Waals surface area contributed by atoms with Crippen molar-refractivity contribution in [3.05, 3.63) is 35.6 Å². The van der Waals surface area contributed by atoms with Gasteiger partial charge >= 0.3 is 0 Å². The summed E-state index contributed by atoms with van der Waals surface area (Å²) in [6.07, 6.45) is 2.40. The summed E-state index contributed by atoms with van der Waals surface area (Å²) in [4.78, 5) is 15.1. The zero-order chi connectivity index (χ0) is 15.3. The number of hydrogen-bond donors (Lipinski definition) is 1. The lowest BCUT2D eigenvalue weighted by Gasteiger charge is -2.49. The fourth-order valence-electron chi connectivity index (χ4n) is 4.09. The third-order valence-corrected chi connectivity index (χ3v) is 5.38. The fourth-order valence-corrected chi connectivity index (χ4v) is 4.09. The number of nitrogens with one attached hydrogen (secondary N) is 1. The Labute approximate surface area is 130 Å². The minimum absolute atomic E-state index is 0.0153. The molecule has 3 fully saturated rings. The molecule has 116 valence electrons. The molecule has 5 rings (SSSR count). The number of aryl methyl sites for hydroxylation is 1. The first kappa shape index (κ1) is 13.8. The summed E-state index contributed by atoms with van der Waals surface area (Å²) in [6, 6.07) is 8.39. The molecule has 2 aromatic rings. The van der Waals surface area contributed by atoms with Gasteiger partial charge in [-0.25, -0.2) is 0 Å². The van der Waals surface area contributed by atoms with E-state index in [4.69, 9.17) is 4.42 Å². The lowest BCUT2D eigenvalue weighted by Crippen LogP contribution is -2.62. The minimum atomic E-state index is 0.0153. The second-order valence-electron chi connectivity index (χ2n) is 6.72. The van der Waals surface area contributed by atoms with Crippen LogP contribution in [0.25, 0.3) is 11.0 Å². The molecular weight excluding hydrogens is 276 g/mol. The van der Waals surface area contributed by atoms with Crippen molar-refractivity contribution in [1.29, 1.82) is 0 Å². The van der Waals surface area contributed by atoms with E-state index >= 15 is 0 Å². The van der Waals surface area contributed by atoms with Gasteiger partial charge in [-0.3, -0.25) is 9.69 Å². The van der Waals surface area contributed by atoms with Gasteiger partial charge in [-0.1, -0.05) is 6.07 Å². The van der Waals surface area contributed by atoms with Crippen molar-refractivity contribution in [3.63, 3.8) is 0 Å². The molecule has 1 amide bonds. The van der Waals surface area contributed by atoms with E-state index < -0.39 is 0 Å². The van der Waals surface area contributed by atoms with Gasteiger partial charge in [-0.15, -0.1) is 0 Å². The van der Waals surface area contributed by atoms with Gasteiger partial charge in [0.1, 0.15) is 11.3 Å². The van der Waals surface area contributed by atoms with Crippen molar-refractivity contribution in [3.8, 4) is 0 Å². The second-order valence-corrected chi connectivity index (χ2v) is 6.72.